The molecule has 0 aliphatic rings. The highest BCUT2D eigenvalue weighted by Gasteiger charge is 2.13. The van der Waals surface area contributed by atoms with E-state index in [9.17, 15) is 9.90 Å². The van der Waals surface area contributed by atoms with E-state index in [1.54, 1.807) is 0 Å². The molecule has 1 heterocycles. The number of para-hydroxylation sites is 1. The van der Waals surface area contributed by atoms with Crippen LogP contribution >= 0.6 is 22.6 Å². The fraction of sp³-hybridized carbons (Fsp3) is 0.174. The lowest BCUT2D eigenvalue weighted by atomic mass is 10.1. The summed E-state index contributed by atoms with van der Waals surface area (Å²) in [5.74, 6) is 0.706. The van der Waals surface area contributed by atoms with Crippen LogP contribution in [0.4, 0.5) is 0 Å². The Kier molecular flexibility index (Phi) is 5.89. The number of rotatable bonds is 8. The van der Waals surface area contributed by atoms with Crippen molar-refractivity contribution in [3.05, 3.63) is 70.3 Å². The quantitative estimate of drug-likeness (QED) is 0.262. The number of halogens is 1. The Labute approximate surface area is 182 Å². The number of carbonyl (C=O) groups is 1. The third kappa shape index (κ3) is 4.48. The summed E-state index contributed by atoms with van der Waals surface area (Å²) < 4.78 is 14.6. The van der Waals surface area contributed by atoms with Gasteiger partial charge < -0.3 is 19.1 Å². The molecule has 4 rings (SSSR count). The number of hydrogen-bond acceptors (Lipinski definition) is 3. The maximum Gasteiger partial charge on any atom is 0.323 e. The second kappa shape index (κ2) is 8.73. The number of aliphatic carboxylic acids is 1. The van der Waals surface area contributed by atoms with E-state index in [1.807, 2.05) is 71.3 Å². The Morgan fingerprint density at radius 3 is 2.28 bits per heavy atom. The topological polar surface area (TPSA) is 60.7 Å². The fourth-order valence-corrected chi connectivity index (χ4v) is 3.75. The summed E-state index contributed by atoms with van der Waals surface area (Å²) in [5, 5.41) is 11.4. The molecule has 5 nitrogen and oxygen atoms in total. The average molecular weight is 501 g/mol. The lowest BCUT2D eigenvalue weighted by Crippen LogP contribution is -2.08. The van der Waals surface area contributed by atoms with Crippen LogP contribution in [0, 0.1) is 3.57 Å². The van der Waals surface area contributed by atoms with E-state index in [2.05, 4.69) is 22.6 Å². The van der Waals surface area contributed by atoms with Crippen LogP contribution in [-0.4, -0.2) is 28.9 Å². The highest BCUT2D eigenvalue weighted by molar-refractivity contribution is 14.1. The predicted octanol–water partition coefficient (Wildman–Crippen LogP) is 5.33. The Bertz CT molecular complexity index is 1150. The number of aromatic nitrogens is 1. The number of benzene rings is 3. The molecule has 148 valence electrons. The molecule has 4 aromatic rings. The molecule has 0 radical (unpaired) electrons. The Hall–Kier alpha value is -2.74. The van der Waals surface area contributed by atoms with Crippen LogP contribution in [-0.2, 0) is 11.3 Å². The predicted molar refractivity (Wildman–Crippen MR) is 122 cm³/mol. The first kappa shape index (κ1) is 19.6. The van der Waals surface area contributed by atoms with Crippen molar-refractivity contribution in [2.75, 3.05) is 13.2 Å². The molecule has 0 aliphatic carbocycles. The summed E-state index contributed by atoms with van der Waals surface area (Å²) in [4.78, 5) is 11.4. The smallest absolute Gasteiger partial charge is 0.323 e. The number of nitrogens with zero attached hydrogens (tertiary/aromatic N) is 1. The molecule has 1 aromatic heterocycles. The Morgan fingerprint density at radius 1 is 0.862 bits per heavy atom. The van der Waals surface area contributed by atoms with Crippen LogP contribution in [0.3, 0.4) is 0 Å². The number of hydrogen-bond donors (Lipinski definition) is 1. The van der Waals surface area contributed by atoms with Crippen molar-refractivity contribution in [2.24, 2.45) is 0 Å². The zero-order valence-electron chi connectivity index (χ0n) is 15.7. The van der Waals surface area contributed by atoms with Gasteiger partial charge in [0.25, 0.3) is 0 Å². The monoisotopic (exact) mass is 501 g/mol. The minimum atomic E-state index is -0.869. The van der Waals surface area contributed by atoms with Crippen LogP contribution < -0.4 is 9.47 Å². The third-order valence-electron chi connectivity index (χ3n) is 4.68. The van der Waals surface area contributed by atoms with Crippen molar-refractivity contribution < 1.29 is 19.4 Å². The van der Waals surface area contributed by atoms with Crippen LogP contribution in [0.25, 0.3) is 21.8 Å². The average Bonchev–Trinajstić information content (AvgIpc) is 3.02. The van der Waals surface area contributed by atoms with Crippen LogP contribution in [0.5, 0.6) is 11.5 Å². The van der Waals surface area contributed by atoms with Gasteiger partial charge in [-0.05, 0) is 65.1 Å². The van der Waals surface area contributed by atoms with Crippen molar-refractivity contribution >= 4 is 50.4 Å². The molecule has 0 spiro atoms. The molecular formula is C23H20INO4. The maximum atomic E-state index is 11.4. The van der Waals surface area contributed by atoms with Crippen LogP contribution in [0.1, 0.15) is 6.42 Å². The van der Waals surface area contributed by atoms with Gasteiger partial charge in [-0.2, -0.15) is 0 Å². The molecule has 0 saturated heterocycles. The van der Waals surface area contributed by atoms with Gasteiger partial charge in [-0.25, -0.2) is 0 Å². The minimum Gasteiger partial charge on any atom is -0.493 e. The molecule has 29 heavy (non-hydrogen) atoms. The third-order valence-corrected chi connectivity index (χ3v) is 5.40. The van der Waals surface area contributed by atoms with Gasteiger partial charge in [0.2, 0.25) is 0 Å². The fourth-order valence-electron chi connectivity index (χ4n) is 3.39. The normalized spacial score (nSPS) is 11.1. The van der Waals surface area contributed by atoms with E-state index in [4.69, 9.17) is 9.47 Å². The van der Waals surface area contributed by atoms with E-state index < -0.39 is 5.97 Å². The van der Waals surface area contributed by atoms with Crippen LogP contribution in [0.15, 0.2) is 66.7 Å². The molecule has 1 N–H and O–H groups in total. The molecule has 0 atom stereocenters. The van der Waals surface area contributed by atoms with Gasteiger partial charge in [0.1, 0.15) is 18.0 Å². The zero-order valence-corrected chi connectivity index (χ0v) is 17.8. The van der Waals surface area contributed by atoms with Gasteiger partial charge in [-0.1, -0.05) is 18.2 Å². The molecule has 0 saturated carbocycles. The summed E-state index contributed by atoms with van der Waals surface area (Å²) in [5.41, 5.74) is 1.77. The molecule has 0 unspecified atom stereocenters. The number of carboxylic acid groups (broad SMARTS) is 1. The van der Waals surface area contributed by atoms with E-state index >= 15 is 0 Å². The largest absolute Gasteiger partial charge is 0.493 e. The van der Waals surface area contributed by atoms with Crippen molar-refractivity contribution in [2.45, 2.75) is 13.0 Å². The summed E-state index contributed by atoms with van der Waals surface area (Å²) in [6, 6.07) is 21.6. The van der Waals surface area contributed by atoms with Gasteiger partial charge in [0, 0.05) is 32.3 Å². The standard InChI is InChI=1S/C23H20INO4/c24-16-6-8-17(9-7-16)28-12-3-13-29-18-10-11-20-19-4-1-2-5-21(19)25(15-23(26)27)22(20)14-18/h1-2,4-11,14H,3,12-13,15H2,(H,26,27). The summed E-state index contributed by atoms with van der Waals surface area (Å²) in [6.07, 6.45) is 0.752. The van der Waals surface area contributed by atoms with Gasteiger partial charge in [-0.3, -0.25) is 4.79 Å². The van der Waals surface area contributed by atoms with Crippen molar-refractivity contribution in [1.29, 1.82) is 0 Å². The number of carboxylic acids is 1. The Morgan fingerprint density at radius 2 is 1.52 bits per heavy atom. The number of ether oxygens (including phenoxy) is 2. The zero-order chi connectivity index (χ0) is 20.2. The first-order valence-electron chi connectivity index (χ1n) is 9.36. The van der Waals surface area contributed by atoms with Gasteiger partial charge in [0.05, 0.1) is 18.7 Å². The van der Waals surface area contributed by atoms with E-state index in [1.165, 1.54) is 3.57 Å². The molecule has 0 amide bonds. The first-order chi connectivity index (χ1) is 14.1. The van der Waals surface area contributed by atoms with Gasteiger partial charge in [-0.15, -0.1) is 0 Å². The summed E-state index contributed by atoms with van der Waals surface area (Å²) >= 11 is 2.26. The second-order valence-electron chi connectivity index (χ2n) is 6.68. The second-order valence-corrected chi connectivity index (χ2v) is 7.93. The first-order valence-corrected chi connectivity index (χ1v) is 10.4. The molecular weight excluding hydrogens is 481 g/mol. The van der Waals surface area contributed by atoms with Crippen molar-refractivity contribution in [3.8, 4) is 11.5 Å². The molecule has 0 bridgehead atoms. The number of fused-ring (bicyclic) bond motifs is 3. The molecule has 0 aliphatic heterocycles. The van der Waals surface area contributed by atoms with Gasteiger partial charge >= 0.3 is 5.97 Å². The van der Waals surface area contributed by atoms with Gasteiger partial charge in [0.15, 0.2) is 0 Å². The minimum absolute atomic E-state index is 0.0860. The van der Waals surface area contributed by atoms with E-state index in [0.29, 0.717) is 13.2 Å². The summed E-state index contributed by atoms with van der Waals surface area (Å²) in [6.45, 7) is 1.01. The Balaban J connectivity index is 1.45. The lowest BCUT2D eigenvalue weighted by Gasteiger charge is -2.09. The van der Waals surface area contributed by atoms with Crippen LogP contribution in [0.2, 0.25) is 0 Å². The maximum absolute atomic E-state index is 11.4. The van der Waals surface area contributed by atoms with E-state index in [-0.39, 0.29) is 6.54 Å². The molecule has 6 heteroatoms. The van der Waals surface area contributed by atoms with Crippen molar-refractivity contribution in [1.82, 2.24) is 4.57 Å². The highest BCUT2D eigenvalue weighted by atomic mass is 127. The molecule has 3 aromatic carbocycles. The SMILES string of the molecule is O=C(O)Cn1c2ccccc2c2ccc(OCCCOc3ccc(I)cc3)cc21. The van der Waals surface area contributed by atoms with Crippen molar-refractivity contribution in [3.63, 3.8) is 0 Å². The highest BCUT2D eigenvalue weighted by Crippen LogP contribution is 2.31. The lowest BCUT2D eigenvalue weighted by molar-refractivity contribution is -0.137. The summed E-state index contributed by atoms with van der Waals surface area (Å²) in [7, 11) is 0. The van der Waals surface area contributed by atoms with E-state index in [0.717, 1.165) is 39.7 Å². The molecule has 0 fully saturated rings.